The Morgan fingerprint density at radius 1 is 1.56 bits per heavy atom. The van der Waals surface area contributed by atoms with E-state index in [2.05, 4.69) is 30.1 Å². The smallest absolute Gasteiger partial charge is 0.0558 e. The Morgan fingerprint density at radius 2 is 2.38 bits per heavy atom. The first-order chi connectivity index (χ1) is 7.76. The second-order valence-corrected chi connectivity index (χ2v) is 4.74. The SMILES string of the molecule is CCN(CCO)CNCC1CC=C(C)CC1. The summed E-state index contributed by atoms with van der Waals surface area (Å²) in [5.41, 5.74) is 1.55. The summed E-state index contributed by atoms with van der Waals surface area (Å²) in [6, 6.07) is 0. The molecule has 3 heteroatoms. The van der Waals surface area contributed by atoms with Gasteiger partial charge in [-0.1, -0.05) is 18.6 Å². The first kappa shape index (κ1) is 13.7. The first-order valence-electron chi connectivity index (χ1n) is 6.45. The molecule has 3 nitrogen and oxygen atoms in total. The summed E-state index contributed by atoms with van der Waals surface area (Å²) in [5.74, 6) is 0.802. The molecular weight excluding hydrogens is 200 g/mol. The average Bonchev–Trinajstić information content (AvgIpc) is 2.30. The molecule has 0 bridgehead atoms. The third-order valence-electron chi connectivity index (χ3n) is 3.38. The highest BCUT2D eigenvalue weighted by atomic mass is 16.3. The maximum Gasteiger partial charge on any atom is 0.0558 e. The minimum atomic E-state index is 0.251. The zero-order chi connectivity index (χ0) is 11.8. The molecule has 0 aromatic carbocycles. The van der Waals surface area contributed by atoms with Gasteiger partial charge in [0.25, 0.3) is 0 Å². The summed E-state index contributed by atoms with van der Waals surface area (Å²) >= 11 is 0. The lowest BCUT2D eigenvalue weighted by Crippen LogP contribution is -2.38. The third kappa shape index (κ3) is 5.10. The van der Waals surface area contributed by atoms with Gasteiger partial charge in [0.2, 0.25) is 0 Å². The van der Waals surface area contributed by atoms with Crippen LogP contribution in [0.2, 0.25) is 0 Å². The van der Waals surface area contributed by atoms with Crippen molar-refractivity contribution in [1.29, 1.82) is 0 Å². The minimum absolute atomic E-state index is 0.251. The molecule has 1 aliphatic carbocycles. The van der Waals surface area contributed by atoms with Crippen molar-refractivity contribution in [3.8, 4) is 0 Å². The van der Waals surface area contributed by atoms with E-state index in [0.717, 1.165) is 32.2 Å². The number of likely N-dealkylation sites (N-methyl/N-ethyl adjacent to an activating group) is 1. The van der Waals surface area contributed by atoms with Gasteiger partial charge in [-0.25, -0.2) is 0 Å². The van der Waals surface area contributed by atoms with Gasteiger partial charge in [-0.05, 0) is 45.2 Å². The quantitative estimate of drug-likeness (QED) is 0.511. The maximum atomic E-state index is 8.87. The monoisotopic (exact) mass is 226 g/mol. The van der Waals surface area contributed by atoms with Gasteiger partial charge >= 0.3 is 0 Å². The number of allylic oxidation sites excluding steroid dienone is 2. The first-order valence-corrected chi connectivity index (χ1v) is 6.45. The Bertz CT molecular complexity index is 216. The van der Waals surface area contributed by atoms with Crippen LogP contribution in [-0.4, -0.2) is 42.9 Å². The molecule has 0 amide bonds. The van der Waals surface area contributed by atoms with Gasteiger partial charge in [-0.15, -0.1) is 0 Å². The van der Waals surface area contributed by atoms with Crippen molar-refractivity contribution in [3.05, 3.63) is 11.6 Å². The molecule has 1 aliphatic rings. The van der Waals surface area contributed by atoms with E-state index in [9.17, 15) is 0 Å². The maximum absolute atomic E-state index is 8.87. The van der Waals surface area contributed by atoms with Crippen molar-refractivity contribution in [2.24, 2.45) is 5.92 Å². The Hall–Kier alpha value is -0.380. The van der Waals surface area contributed by atoms with Crippen LogP contribution in [0.3, 0.4) is 0 Å². The number of aliphatic hydroxyl groups is 1. The number of rotatable bonds is 7. The van der Waals surface area contributed by atoms with Crippen LogP contribution in [0.4, 0.5) is 0 Å². The average molecular weight is 226 g/mol. The molecule has 1 rings (SSSR count). The van der Waals surface area contributed by atoms with Crippen molar-refractivity contribution in [1.82, 2.24) is 10.2 Å². The van der Waals surface area contributed by atoms with Gasteiger partial charge in [0, 0.05) is 13.2 Å². The van der Waals surface area contributed by atoms with Gasteiger partial charge in [-0.3, -0.25) is 4.90 Å². The van der Waals surface area contributed by atoms with Crippen LogP contribution in [0.15, 0.2) is 11.6 Å². The fourth-order valence-corrected chi connectivity index (χ4v) is 2.12. The standard InChI is InChI=1S/C13H26N2O/c1-3-15(8-9-16)11-14-10-13-6-4-12(2)5-7-13/h4,13-14,16H,3,5-11H2,1-2H3. The molecule has 0 radical (unpaired) electrons. The molecule has 0 saturated carbocycles. The Labute approximate surface area is 99.5 Å². The highest BCUT2D eigenvalue weighted by molar-refractivity contribution is 5.02. The predicted octanol–water partition coefficient (Wildman–Crippen LogP) is 1.59. The predicted molar refractivity (Wildman–Crippen MR) is 68.3 cm³/mol. The second kappa shape index (κ2) is 7.82. The zero-order valence-electron chi connectivity index (χ0n) is 10.7. The van der Waals surface area contributed by atoms with E-state index in [-0.39, 0.29) is 6.61 Å². The fraction of sp³-hybridized carbons (Fsp3) is 0.846. The van der Waals surface area contributed by atoms with Crippen molar-refractivity contribution >= 4 is 0 Å². The molecule has 0 aromatic rings. The molecule has 2 N–H and O–H groups in total. The van der Waals surface area contributed by atoms with Crippen molar-refractivity contribution < 1.29 is 5.11 Å². The Balaban J connectivity index is 2.10. The van der Waals surface area contributed by atoms with E-state index in [0.29, 0.717) is 0 Å². The largest absolute Gasteiger partial charge is 0.395 e. The lowest BCUT2D eigenvalue weighted by molar-refractivity contribution is 0.189. The molecule has 0 heterocycles. The summed E-state index contributed by atoms with van der Waals surface area (Å²) < 4.78 is 0. The van der Waals surface area contributed by atoms with Gasteiger partial charge in [0.1, 0.15) is 0 Å². The zero-order valence-corrected chi connectivity index (χ0v) is 10.7. The van der Waals surface area contributed by atoms with E-state index in [1.807, 2.05) is 0 Å². The van der Waals surface area contributed by atoms with Crippen LogP contribution in [0, 0.1) is 5.92 Å². The highest BCUT2D eigenvalue weighted by Gasteiger charge is 2.12. The number of hydrogen-bond acceptors (Lipinski definition) is 3. The van der Waals surface area contributed by atoms with E-state index < -0.39 is 0 Å². The van der Waals surface area contributed by atoms with Crippen LogP contribution in [0.1, 0.15) is 33.1 Å². The highest BCUT2D eigenvalue weighted by Crippen LogP contribution is 2.22. The summed E-state index contributed by atoms with van der Waals surface area (Å²) in [7, 11) is 0. The summed E-state index contributed by atoms with van der Waals surface area (Å²) in [4.78, 5) is 2.23. The minimum Gasteiger partial charge on any atom is -0.395 e. The van der Waals surface area contributed by atoms with E-state index >= 15 is 0 Å². The Morgan fingerprint density at radius 3 is 2.94 bits per heavy atom. The number of aliphatic hydroxyl groups excluding tert-OH is 1. The van der Waals surface area contributed by atoms with Gasteiger partial charge in [0.05, 0.1) is 6.61 Å². The number of nitrogens with zero attached hydrogens (tertiary/aromatic N) is 1. The van der Waals surface area contributed by atoms with Gasteiger partial charge in [-0.2, -0.15) is 0 Å². The molecule has 0 aliphatic heterocycles. The van der Waals surface area contributed by atoms with Crippen molar-refractivity contribution in [3.63, 3.8) is 0 Å². The molecule has 1 atom stereocenters. The molecular formula is C13H26N2O. The van der Waals surface area contributed by atoms with Crippen molar-refractivity contribution in [2.45, 2.75) is 33.1 Å². The normalized spacial score (nSPS) is 21.2. The van der Waals surface area contributed by atoms with Crippen LogP contribution in [0.25, 0.3) is 0 Å². The van der Waals surface area contributed by atoms with Crippen LogP contribution < -0.4 is 5.32 Å². The Kier molecular flexibility index (Phi) is 6.69. The molecule has 94 valence electrons. The number of nitrogens with one attached hydrogen (secondary N) is 1. The molecule has 0 aromatic heterocycles. The lowest BCUT2D eigenvalue weighted by atomic mass is 9.90. The van der Waals surface area contributed by atoms with Crippen LogP contribution in [-0.2, 0) is 0 Å². The summed E-state index contributed by atoms with van der Waals surface area (Å²) in [5, 5.41) is 12.4. The molecule has 16 heavy (non-hydrogen) atoms. The van der Waals surface area contributed by atoms with E-state index in [4.69, 9.17) is 5.11 Å². The molecule has 0 saturated heterocycles. The van der Waals surface area contributed by atoms with Gasteiger partial charge in [0.15, 0.2) is 0 Å². The molecule has 1 unspecified atom stereocenters. The molecule has 0 fully saturated rings. The third-order valence-corrected chi connectivity index (χ3v) is 3.38. The number of hydrogen-bond donors (Lipinski definition) is 2. The van der Waals surface area contributed by atoms with Crippen molar-refractivity contribution in [2.75, 3.05) is 32.9 Å². The van der Waals surface area contributed by atoms with Gasteiger partial charge < -0.3 is 10.4 Å². The summed E-state index contributed by atoms with van der Waals surface area (Å²) in [6.07, 6.45) is 6.19. The fourth-order valence-electron chi connectivity index (χ4n) is 2.12. The topological polar surface area (TPSA) is 35.5 Å². The van der Waals surface area contributed by atoms with Crippen LogP contribution in [0.5, 0.6) is 0 Å². The summed E-state index contributed by atoms with van der Waals surface area (Å²) in [6.45, 7) is 8.38. The van der Waals surface area contributed by atoms with E-state index in [1.54, 1.807) is 5.57 Å². The van der Waals surface area contributed by atoms with Crippen LogP contribution >= 0.6 is 0 Å². The lowest BCUT2D eigenvalue weighted by Gasteiger charge is -2.24. The second-order valence-electron chi connectivity index (χ2n) is 4.74. The van der Waals surface area contributed by atoms with E-state index in [1.165, 1.54) is 19.3 Å². The molecule has 0 spiro atoms.